The zero-order valence-corrected chi connectivity index (χ0v) is 15.9. The number of amides is 1. The highest BCUT2D eigenvalue weighted by Crippen LogP contribution is 2.30. The standard InChI is InChI=1S/C19H16ClN5OS/c20-15-6-2-1-5-14(15)19-22-13(12-27-19)11-18(26)21-9-8-17-24-23-16-7-3-4-10-25(16)17/h1-7,10,12H,8-9,11H2,(H,21,26). The molecule has 0 radical (unpaired) electrons. The van der Waals surface area contributed by atoms with Crippen molar-refractivity contribution in [3.05, 3.63) is 70.6 Å². The van der Waals surface area contributed by atoms with Gasteiger partial charge in [0.05, 0.1) is 17.1 Å². The molecule has 3 heterocycles. The van der Waals surface area contributed by atoms with Crippen molar-refractivity contribution in [1.29, 1.82) is 0 Å². The van der Waals surface area contributed by atoms with Crippen LogP contribution in [-0.4, -0.2) is 32.0 Å². The molecule has 136 valence electrons. The molecule has 0 bridgehead atoms. The number of fused-ring (bicyclic) bond motifs is 1. The van der Waals surface area contributed by atoms with Gasteiger partial charge in [-0.05, 0) is 18.2 Å². The molecule has 0 saturated heterocycles. The minimum absolute atomic E-state index is 0.0696. The fraction of sp³-hybridized carbons (Fsp3) is 0.158. The summed E-state index contributed by atoms with van der Waals surface area (Å²) in [5.74, 6) is 0.750. The highest BCUT2D eigenvalue weighted by molar-refractivity contribution is 7.13. The number of aromatic nitrogens is 4. The number of thiazole rings is 1. The number of nitrogens with one attached hydrogen (secondary N) is 1. The first-order chi connectivity index (χ1) is 13.2. The van der Waals surface area contributed by atoms with Crippen LogP contribution in [0.4, 0.5) is 0 Å². The van der Waals surface area contributed by atoms with E-state index >= 15 is 0 Å². The van der Waals surface area contributed by atoms with Gasteiger partial charge in [0.1, 0.15) is 10.8 Å². The van der Waals surface area contributed by atoms with Gasteiger partial charge in [-0.3, -0.25) is 9.20 Å². The normalized spacial score (nSPS) is 11.0. The third-order valence-corrected chi connectivity index (χ3v) is 5.31. The molecule has 0 aliphatic carbocycles. The Kier molecular flexibility index (Phi) is 5.13. The number of hydrogen-bond donors (Lipinski definition) is 1. The summed E-state index contributed by atoms with van der Waals surface area (Å²) in [4.78, 5) is 16.7. The van der Waals surface area contributed by atoms with Gasteiger partial charge in [0.25, 0.3) is 0 Å². The lowest BCUT2D eigenvalue weighted by Gasteiger charge is -2.03. The zero-order chi connectivity index (χ0) is 18.6. The van der Waals surface area contributed by atoms with E-state index in [1.807, 2.05) is 58.4 Å². The Morgan fingerprint density at radius 2 is 2.00 bits per heavy atom. The molecule has 4 aromatic rings. The predicted molar refractivity (Wildman–Crippen MR) is 106 cm³/mol. The highest BCUT2D eigenvalue weighted by Gasteiger charge is 2.11. The number of carbonyl (C=O) groups excluding carboxylic acids is 1. The van der Waals surface area contributed by atoms with Crippen LogP contribution in [0.2, 0.25) is 5.02 Å². The Morgan fingerprint density at radius 1 is 1.15 bits per heavy atom. The Bertz CT molecular complexity index is 1090. The largest absolute Gasteiger partial charge is 0.355 e. The van der Waals surface area contributed by atoms with Gasteiger partial charge in [-0.15, -0.1) is 21.5 Å². The van der Waals surface area contributed by atoms with Crippen LogP contribution >= 0.6 is 22.9 Å². The monoisotopic (exact) mass is 397 g/mol. The predicted octanol–water partition coefficient (Wildman–Crippen LogP) is 3.41. The first-order valence-electron chi connectivity index (χ1n) is 8.45. The molecule has 0 atom stereocenters. The van der Waals surface area contributed by atoms with Crippen molar-refractivity contribution in [2.45, 2.75) is 12.8 Å². The highest BCUT2D eigenvalue weighted by atomic mass is 35.5. The molecule has 1 aromatic carbocycles. The van der Waals surface area contributed by atoms with Gasteiger partial charge in [0.15, 0.2) is 5.65 Å². The third-order valence-electron chi connectivity index (χ3n) is 4.05. The molecule has 6 nitrogen and oxygen atoms in total. The minimum Gasteiger partial charge on any atom is -0.355 e. The van der Waals surface area contributed by atoms with Gasteiger partial charge < -0.3 is 5.32 Å². The maximum absolute atomic E-state index is 12.2. The zero-order valence-electron chi connectivity index (χ0n) is 14.3. The van der Waals surface area contributed by atoms with Crippen molar-refractivity contribution in [3.8, 4) is 10.6 Å². The van der Waals surface area contributed by atoms with Crippen LogP contribution in [0.5, 0.6) is 0 Å². The molecule has 0 spiro atoms. The van der Waals surface area contributed by atoms with Gasteiger partial charge in [-0.1, -0.05) is 35.9 Å². The number of rotatable bonds is 6. The van der Waals surface area contributed by atoms with Crippen LogP contribution in [0.15, 0.2) is 54.0 Å². The second kappa shape index (κ2) is 7.85. The Hall–Kier alpha value is -2.77. The molecule has 1 N–H and O–H groups in total. The SMILES string of the molecule is O=C(Cc1csc(-c2ccccc2Cl)n1)NCCc1nnc2ccccn12. The van der Waals surface area contributed by atoms with Crippen molar-refractivity contribution in [2.24, 2.45) is 0 Å². The topological polar surface area (TPSA) is 72.2 Å². The van der Waals surface area contributed by atoms with Crippen molar-refractivity contribution in [1.82, 2.24) is 24.9 Å². The van der Waals surface area contributed by atoms with E-state index in [4.69, 9.17) is 11.6 Å². The summed E-state index contributed by atoms with van der Waals surface area (Å²) in [5.41, 5.74) is 2.42. The molecule has 1 amide bonds. The molecule has 0 fully saturated rings. The maximum atomic E-state index is 12.2. The summed E-state index contributed by atoms with van der Waals surface area (Å²) >= 11 is 7.69. The van der Waals surface area contributed by atoms with Gasteiger partial charge in [-0.25, -0.2) is 4.98 Å². The smallest absolute Gasteiger partial charge is 0.226 e. The molecular formula is C19H16ClN5OS. The van der Waals surface area contributed by atoms with Gasteiger partial charge in [0, 0.05) is 30.1 Å². The average molecular weight is 398 g/mol. The van der Waals surface area contributed by atoms with Crippen LogP contribution in [-0.2, 0) is 17.6 Å². The lowest BCUT2D eigenvalue weighted by Crippen LogP contribution is -2.27. The summed E-state index contributed by atoms with van der Waals surface area (Å²) < 4.78 is 1.92. The average Bonchev–Trinajstić information content (AvgIpc) is 3.30. The molecule has 0 aliphatic heterocycles. The molecule has 0 saturated carbocycles. The van der Waals surface area contributed by atoms with E-state index in [0.717, 1.165) is 27.7 Å². The summed E-state index contributed by atoms with van der Waals surface area (Å²) in [6, 6.07) is 13.3. The quantitative estimate of drug-likeness (QED) is 0.541. The molecular weight excluding hydrogens is 382 g/mol. The third kappa shape index (κ3) is 3.99. The van der Waals surface area contributed by atoms with Crippen molar-refractivity contribution < 1.29 is 4.79 Å². The van der Waals surface area contributed by atoms with Crippen LogP contribution in [0.25, 0.3) is 16.2 Å². The lowest BCUT2D eigenvalue weighted by molar-refractivity contribution is -0.120. The molecule has 0 aliphatic rings. The summed E-state index contributed by atoms with van der Waals surface area (Å²) in [6.45, 7) is 0.496. The van der Waals surface area contributed by atoms with Gasteiger partial charge in [-0.2, -0.15) is 0 Å². The van der Waals surface area contributed by atoms with Gasteiger partial charge in [0.2, 0.25) is 5.91 Å². The van der Waals surface area contributed by atoms with Crippen LogP contribution < -0.4 is 5.32 Å². The summed E-state index contributed by atoms with van der Waals surface area (Å²) in [5, 5.41) is 14.5. The first-order valence-corrected chi connectivity index (χ1v) is 9.71. The minimum atomic E-state index is -0.0696. The van der Waals surface area contributed by atoms with E-state index in [9.17, 15) is 4.79 Å². The van der Waals surface area contributed by atoms with Crippen LogP contribution in [0.3, 0.4) is 0 Å². The van der Waals surface area contributed by atoms with Crippen LogP contribution in [0, 0.1) is 0 Å². The van der Waals surface area contributed by atoms with E-state index in [2.05, 4.69) is 20.5 Å². The van der Waals surface area contributed by atoms with Crippen molar-refractivity contribution >= 4 is 34.5 Å². The fourth-order valence-electron chi connectivity index (χ4n) is 2.75. The van der Waals surface area contributed by atoms with Gasteiger partial charge >= 0.3 is 0 Å². The maximum Gasteiger partial charge on any atom is 0.226 e. The van der Waals surface area contributed by atoms with Crippen molar-refractivity contribution in [3.63, 3.8) is 0 Å². The Labute approximate surface area is 164 Å². The molecule has 3 aromatic heterocycles. The molecule has 0 unspecified atom stereocenters. The Morgan fingerprint density at radius 3 is 2.89 bits per heavy atom. The number of nitrogens with zero attached hydrogens (tertiary/aromatic N) is 4. The molecule has 27 heavy (non-hydrogen) atoms. The second-order valence-electron chi connectivity index (χ2n) is 5.95. The molecule has 8 heteroatoms. The number of hydrogen-bond acceptors (Lipinski definition) is 5. The first kappa shape index (κ1) is 17.6. The Balaban J connectivity index is 1.33. The summed E-state index contributed by atoms with van der Waals surface area (Å²) in [7, 11) is 0. The summed E-state index contributed by atoms with van der Waals surface area (Å²) in [6.07, 6.45) is 2.76. The number of benzene rings is 1. The second-order valence-corrected chi connectivity index (χ2v) is 7.21. The van der Waals surface area contributed by atoms with E-state index < -0.39 is 0 Å². The lowest BCUT2D eigenvalue weighted by atomic mass is 10.2. The van der Waals surface area contributed by atoms with E-state index in [0.29, 0.717) is 18.0 Å². The van der Waals surface area contributed by atoms with E-state index in [1.165, 1.54) is 11.3 Å². The molecule has 4 rings (SSSR count). The number of carbonyl (C=O) groups is 1. The van der Waals surface area contributed by atoms with E-state index in [1.54, 1.807) is 0 Å². The van der Waals surface area contributed by atoms with Crippen molar-refractivity contribution in [2.75, 3.05) is 6.54 Å². The number of pyridine rings is 1. The fourth-order valence-corrected chi connectivity index (χ4v) is 3.89. The number of halogens is 1. The van der Waals surface area contributed by atoms with E-state index in [-0.39, 0.29) is 12.3 Å². The van der Waals surface area contributed by atoms with Crippen LogP contribution in [0.1, 0.15) is 11.5 Å².